The average molecular weight is 314 g/mol. The van der Waals surface area contributed by atoms with Gasteiger partial charge in [-0.1, -0.05) is 15.9 Å². The third-order valence-corrected chi connectivity index (χ3v) is 3.10. The number of rotatable bonds is 5. The average Bonchev–Trinajstić information content (AvgIpc) is 2.39. The molecule has 1 amide bonds. The van der Waals surface area contributed by atoms with Crippen LogP contribution in [0.4, 0.5) is 0 Å². The van der Waals surface area contributed by atoms with Crippen molar-refractivity contribution in [1.82, 2.24) is 4.90 Å². The van der Waals surface area contributed by atoms with Crippen LogP contribution in [-0.2, 0) is 9.53 Å². The molecule has 0 radical (unpaired) electrons. The van der Waals surface area contributed by atoms with Gasteiger partial charge < -0.3 is 9.64 Å². The molecule has 0 aliphatic heterocycles. The molecule has 0 spiro atoms. The summed E-state index contributed by atoms with van der Waals surface area (Å²) in [7, 11) is 1.34. The maximum atomic E-state index is 12.1. The number of nitrogens with zero attached hydrogens (tertiary/aromatic N) is 1. The molecule has 98 valence electrons. The Morgan fingerprint density at radius 2 is 1.89 bits per heavy atom. The molecule has 4 nitrogen and oxygen atoms in total. The van der Waals surface area contributed by atoms with Crippen LogP contribution in [-0.4, -0.2) is 37.0 Å². The van der Waals surface area contributed by atoms with Crippen molar-refractivity contribution >= 4 is 27.8 Å². The lowest BCUT2D eigenvalue weighted by Gasteiger charge is -2.20. The number of hydrogen-bond acceptors (Lipinski definition) is 3. The predicted octanol–water partition coefficient (Wildman–Crippen LogP) is 2.47. The van der Waals surface area contributed by atoms with Gasteiger partial charge in [-0.15, -0.1) is 0 Å². The summed E-state index contributed by atoms with van der Waals surface area (Å²) in [5.41, 5.74) is 0.616. The van der Waals surface area contributed by atoms with Gasteiger partial charge in [0, 0.05) is 23.1 Å². The molecule has 1 aromatic carbocycles. The van der Waals surface area contributed by atoms with Gasteiger partial charge in [-0.25, -0.2) is 0 Å². The monoisotopic (exact) mass is 313 g/mol. The zero-order valence-electron chi connectivity index (χ0n) is 10.5. The number of amides is 1. The maximum Gasteiger partial charge on any atom is 0.307 e. The Morgan fingerprint density at radius 3 is 2.39 bits per heavy atom. The van der Waals surface area contributed by atoms with Gasteiger partial charge in [-0.3, -0.25) is 9.59 Å². The van der Waals surface area contributed by atoms with Gasteiger partial charge >= 0.3 is 5.97 Å². The minimum atomic E-state index is -0.308. The first-order valence-corrected chi connectivity index (χ1v) is 6.49. The zero-order chi connectivity index (χ0) is 13.5. The fourth-order valence-corrected chi connectivity index (χ4v) is 1.77. The summed E-state index contributed by atoms with van der Waals surface area (Å²) in [6, 6.07) is 7.16. The molecule has 18 heavy (non-hydrogen) atoms. The first-order valence-electron chi connectivity index (χ1n) is 5.70. The third-order valence-electron chi connectivity index (χ3n) is 2.57. The van der Waals surface area contributed by atoms with Crippen molar-refractivity contribution in [1.29, 1.82) is 0 Å². The van der Waals surface area contributed by atoms with Gasteiger partial charge in [0.25, 0.3) is 5.91 Å². The quantitative estimate of drug-likeness (QED) is 0.785. The number of benzene rings is 1. The number of ether oxygens (including phenoxy) is 1. The minimum absolute atomic E-state index is 0.0751. The van der Waals surface area contributed by atoms with Crippen molar-refractivity contribution in [3.63, 3.8) is 0 Å². The molecule has 5 heteroatoms. The second-order valence-corrected chi connectivity index (χ2v) is 4.63. The highest BCUT2D eigenvalue weighted by atomic mass is 79.9. The zero-order valence-corrected chi connectivity index (χ0v) is 12.1. The third kappa shape index (κ3) is 4.14. The number of halogens is 1. The van der Waals surface area contributed by atoms with Gasteiger partial charge in [0.05, 0.1) is 13.5 Å². The van der Waals surface area contributed by atoms with Gasteiger partial charge in [-0.2, -0.15) is 0 Å². The first-order chi connectivity index (χ1) is 8.58. The number of methoxy groups -OCH3 is 1. The number of carbonyl (C=O) groups excluding carboxylic acids is 2. The molecule has 0 atom stereocenters. The molecule has 0 aromatic heterocycles. The fraction of sp³-hybridized carbons (Fsp3) is 0.385. The van der Waals surface area contributed by atoms with Gasteiger partial charge in [-0.05, 0) is 31.2 Å². The van der Waals surface area contributed by atoms with Crippen LogP contribution < -0.4 is 0 Å². The van der Waals surface area contributed by atoms with E-state index in [9.17, 15) is 9.59 Å². The lowest BCUT2D eigenvalue weighted by Crippen LogP contribution is -2.33. The van der Waals surface area contributed by atoms with E-state index in [1.165, 1.54) is 7.11 Å². The molecule has 1 rings (SSSR count). The van der Waals surface area contributed by atoms with E-state index in [0.29, 0.717) is 18.7 Å². The molecule has 0 bridgehead atoms. The highest BCUT2D eigenvalue weighted by Crippen LogP contribution is 2.12. The van der Waals surface area contributed by atoms with E-state index in [4.69, 9.17) is 0 Å². The van der Waals surface area contributed by atoms with E-state index in [-0.39, 0.29) is 18.3 Å². The Bertz CT molecular complexity index is 417. The molecule has 0 unspecified atom stereocenters. The molecule has 0 aliphatic carbocycles. The largest absolute Gasteiger partial charge is 0.469 e. The lowest BCUT2D eigenvalue weighted by atomic mass is 10.2. The SMILES string of the molecule is CCN(CCC(=O)OC)C(=O)c1ccc(Br)cc1. The van der Waals surface area contributed by atoms with Crippen LogP contribution in [0.5, 0.6) is 0 Å². The fourth-order valence-electron chi connectivity index (χ4n) is 1.51. The summed E-state index contributed by atoms with van der Waals surface area (Å²) in [6.07, 6.45) is 0.215. The number of carbonyl (C=O) groups is 2. The second kappa shape index (κ2) is 7.16. The van der Waals surface area contributed by atoms with Crippen molar-refractivity contribution in [3.8, 4) is 0 Å². The minimum Gasteiger partial charge on any atom is -0.469 e. The van der Waals surface area contributed by atoms with Gasteiger partial charge in [0.15, 0.2) is 0 Å². The van der Waals surface area contributed by atoms with Crippen LogP contribution in [0.3, 0.4) is 0 Å². The molecule has 1 aromatic rings. The molecular formula is C13H16BrNO3. The highest BCUT2D eigenvalue weighted by molar-refractivity contribution is 9.10. The predicted molar refractivity (Wildman–Crippen MR) is 72.4 cm³/mol. The molecule has 0 heterocycles. The van der Waals surface area contributed by atoms with Crippen molar-refractivity contribution in [2.24, 2.45) is 0 Å². The summed E-state index contributed by atoms with van der Waals surface area (Å²) >= 11 is 3.32. The lowest BCUT2D eigenvalue weighted by molar-refractivity contribution is -0.140. The molecule has 0 aliphatic rings. The van der Waals surface area contributed by atoms with E-state index in [1.54, 1.807) is 17.0 Å². The standard InChI is InChI=1S/C13H16BrNO3/c1-3-15(9-8-12(16)18-2)13(17)10-4-6-11(14)7-5-10/h4-7H,3,8-9H2,1-2H3. The van der Waals surface area contributed by atoms with Crippen molar-refractivity contribution < 1.29 is 14.3 Å². The Balaban J connectivity index is 2.67. The summed E-state index contributed by atoms with van der Waals surface area (Å²) in [6.45, 7) is 2.82. The first kappa shape index (κ1) is 14.7. The smallest absolute Gasteiger partial charge is 0.307 e. The van der Waals surface area contributed by atoms with Crippen LogP contribution in [0.1, 0.15) is 23.7 Å². The molecule has 0 fully saturated rings. The summed E-state index contributed by atoms with van der Waals surface area (Å²) in [5, 5.41) is 0. The Kier molecular flexibility index (Phi) is 5.85. The molecule has 0 N–H and O–H groups in total. The van der Waals surface area contributed by atoms with Crippen LogP contribution >= 0.6 is 15.9 Å². The van der Waals surface area contributed by atoms with Crippen LogP contribution in [0.25, 0.3) is 0 Å². The van der Waals surface area contributed by atoms with Gasteiger partial charge in [0.1, 0.15) is 0 Å². The Hall–Kier alpha value is -1.36. The van der Waals surface area contributed by atoms with E-state index in [2.05, 4.69) is 20.7 Å². The van der Waals surface area contributed by atoms with E-state index in [1.807, 2.05) is 19.1 Å². The normalized spacial score (nSPS) is 9.94. The van der Waals surface area contributed by atoms with E-state index >= 15 is 0 Å². The van der Waals surface area contributed by atoms with Crippen LogP contribution in [0.15, 0.2) is 28.7 Å². The Labute approximate surface area is 115 Å². The summed E-state index contributed by atoms with van der Waals surface area (Å²) < 4.78 is 5.49. The topological polar surface area (TPSA) is 46.6 Å². The number of esters is 1. The van der Waals surface area contributed by atoms with Crippen LogP contribution in [0.2, 0.25) is 0 Å². The summed E-state index contributed by atoms with van der Waals surface area (Å²) in [5.74, 6) is -0.383. The molecule has 0 saturated heterocycles. The number of hydrogen-bond donors (Lipinski definition) is 0. The highest BCUT2D eigenvalue weighted by Gasteiger charge is 2.15. The molecule has 0 saturated carbocycles. The molecular weight excluding hydrogens is 298 g/mol. The second-order valence-electron chi connectivity index (χ2n) is 3.72. The summed E-state index contributed by atoms with van der Waals surface area (Å²) in [4.78, 5) is 24.8. The maximum absolute atomic E-state index is 12.1. The van der Waals surface area contributed by atoms with Crippen molar-refractivity contribution in [2.45, 2.75) is 13.3 Å². The van der Waals surface area contributed by atoms with Gasteiger partial charge in [0.2, 0.25) is 0 Å². The van der Waals surface area contributed by atoms with Crippen LogP contribution in [0, 0.1) is 0 Å². The van der Waals surface area contributed by atoms with Crippen molar-refractivity contribution in [3.05, 3.63) is 34.3 Å². The van der Waals surface area contributed by atoms with Crippen molar-refractivity contribution in [2.75, 3.05) is 20.2 Å². The van der Waals surface area contributed by atoms with E-state index in [0.717, 1.165) is 4.47 Å². The van der Waals surface area contributed by atoms with E-state index < -0.39 is 0 Å². The Morgan fingerprint density at radius 1 is 1.28 bits per heavy atom.